The number of carbonyl (C=O) groups is 1. The smallest absolute Gasteiger partial charge is 0.270 e. The second-order valence-corrected chi connectivity index (χ2v) is 5.97. The Morgan fingerprint density at radius 2 is 2.17 bits per heavy atom. The van der Waals surface area contributed by atoms with Crippen molar-refractivity contribution in [2.75, 3.05) is 6.54 Å². The third-order valence-electron chi connectivity index (χ3n) is 3.70. The number of fused-ring (bicyclic) bond motifs is 1. The Labute approximate surface area is 133 Å². The first-order valence-electron chi connectivity index (χ1n) is 7.56. The van der Waals surface area contributed by atoms with Gasteiger partial charge in [0.25, 0.3) is 5.69 Å². The van der Waals surface area contributed by atoms with E-state index in [9.17, 15) is 20.0 Å². The summed E-state index contributed by atoms with van der Waals surface area (Å²) in [6, 6.07) is 4.55. The minimum absolute atomic E-state index is 0.00399. The molecule has 3 N–H and O–H groups in total. The van der Waals surface area contributed by atoms with Gasteiger partial charge in [0, 0.05) is 35.8 Å². The number of nitro benzene ring substituents is 1. The maximum absolute atomic E-state index is 12.0. The number of H-pyrrole nitrogens is 1. The van der Waals surface area contributed by atoms with E-state index in [1.165, 1.54) is 12.1 Å². The average Bonchev–Trinajstić information content (AvgIpc) is 2.87. The normalized spacial score (nSPS) is 13.7. The molecule has 1 amide bonds. The zero-order valence-corrected chi connectivity index (χ0v) is 13.2. The molecule has 0 aliphatic rings. The predicted molar refractivity (Wildman–Crippen MR) is 87.1 cm³/mol. The Bertz CT molecular complexity index is 708. The van der Waals surface area contributed by atoms with Crippen LogP contribution in [0.1, 0.15) is 25.8 Å². The highest BCUT2D eigenvalue weighted by atomic mass is 16.6. The van der Waals surface area contributed by atoms with Crippen molar-refractivity contribution in [3.8, 4) is 0 Å². The Hall–Kier alpha value is -2.41. The molecule has 2 unspecified atom stereocenters. The largest absolute Gasteiger partial charge is 0.393 e. The van der Waals surface area contributed by atoms with Crippen molar-refractivity contribution in [1.82, 2.24) is 10.3 Å². The third-order valence-corrected chi connectivity index (χ3v) is 3.70. The van der Waals surface area contributed by atoms with Crippen molar-refractivity contribution < 1.29 is 14.8 Å². The van der Waals surface area contributed by atoms with Crippen LogP contribution in [0, 0.1) is 16.0 Å². The lowest BCUT2D eigenvalue weighted by molar-refractivity contribution is -0.384. The van der Waals surface area contributed by atoms with E-state index in [4.69, 9.17) is 0 Å². The summed E-state index contributed by atoms with van der Waals surface area (Å²) < 4.78 is 0. The summed E-state index contributed by atoms with van der Waals surface area (Å²) in [6.07, 6.45) is 2.09. The average molecular weight is 319 g/mol. The maximum atomic E-state index is 12.0. The van der Waals surface area contributed by atoms with Gasteiger partial charge in [-0.2, -0.15) is 0 Å². The molecule has 0 aliphatic carbocycles. The van der Waals surface area contributed by atoms with Gasteiger partial charge in [0.05, 0.1) is 17.4 Å². The summed E-state index contributed by atoms with van der Waals surface area (Å²) in [5, 5.41) is 23.7. The number of rotatable bonds is 7. The molecule has 0 aliphatic heterocycles. The molecule has 0 radical (unpaired) electrons. The van der Waals surface area contributed by atoms with E-state index in [1.807, 2.05) is 6.92 Å². The summed E-state index contributed by atoms with van der Waals surface area (Å²) in [7, 11) is 0. The third kappa shape index (κ3) is 4.53. The van der Waals surface area contributed by atoms with E-state index in [0.717, 1.165) is 11.1 Å². The van der Waals surface area contributed by atoms with Crippen molar-refractivity contribution in [2.24, 2.45) is 5.92 Å². The number of aliphatic hydroxyl groups is 1. The molecule has 1 aromatic heterocycles. The van der Waals surface area contributed by atoms with E-state index in [0.29, 0.717) is 18.4 Å². The molecule has 124 valence electrons. The monoisotopic (exact) mass is 319 g/mol. The highest BCUT2D eigenvalue weighted by Crippen LogP contribution is 2.24. The number of nitrogens with zero attached hydrogens (tertiary/aromatic N) is 1. The number of amides is 1. The molecule has 0 saturated heterocycles. The summed E-state index contributed by atoms with van der Waals surface area (Å²) in [4.78, 5) is 25.5. The van der Waals surface area contributed by atoms with E-state index in [-0.39, 0.29) is 23.9 Å². The van der Waals surface area contributed by atoms with Crippen LogP contribution in [0.25, 0.3) is 10.9 Å². The van der Waals surface area contributed by atoms with E-state index in [2.05, 4.69) is 10.3 Å². The van der Waals surface area contributed by atoms with Crippen molar-refractivity contribution >= 4 is 22.5 Å². The summed E-state index contributed by atoms with van der Waals surface area (Å²) >= 11 is 0. The van der Waals surface area contributed by atoms with Crippen molar-refractivity contribution in [3.63, 3.8) is 0 Å². The van der Waals surface area contributed by atoms with Gasteiger partial charge in [-0.15, -0.1) is 0 Å². The fourth-order valence-corrected chi connectivity index (χ4v) is 2.62. The van der Waals surface area contributed by atoms with Crippen LogP contribution in [-0.4, -0.2) is 33.6 Å². The van der Waals surface area contributed by atoms with Gasteiger partial charge in [0.15, 0.2) is 0 Å². The van der Waals surface area contributed by atoms with Crippen LogP contribution < -0.4 is 5.32 Å². The number of hydrogen-bond donors (Lipinski definition) is 3. The van der Waals surface area contributed by atoms with Gasteiger partial charge < -0.3 is 15.4 Å². The summed E-state index contributed by atoms with van der Waals surface area (Å²) in [6.45, 7) is 4.17. The molecule has 2 rings (SSSR count). The van der Waals surface area contributed by atoms with Crippen LogP contribution in [0.4, 0.5) is 5.69 Å². The molecule has 0 saturated carbocycles. The SMILES string of the molecule is CC(O)CC(C)CNC(=O)Cc1c[nH]c2ccc([N+](=O)[O-])cc12. The van der Waals surface area contributed by atoms with Crippen molar-refractivity contribution in [3.05, 3.63) is 40.1 Å². The maximum Gasteiger partial charge on any atom is 0.270 e. The van der Waals surface area contributed by atoms with Crippen LogP contribution >= 0.6 is 0 Å². The minimum atomic E-state index is -0.450. The van der Waals surface area contributed by atoms with Gasteiger partial charge in [-0.3, -0.25) is 14.9 Å². The molecule has 2 aromatic rings. The highest BCUT2D eigenvalue weighted by Gasteiger charge is 2.14. The molecule has 1 aromatic carbocycles. The van der Waals surface area contributed by atoms with E-state index >= 15 is 0 Å². The number of benzene rings is 1. The molecule has 7 nitrogen and oxygen atoms in total. The number of non-ortho nitro benzene ring substituents is 1. The number of carbonyl (C=O) groups excluding carboxylic acids is 1. The topological polar surface area (TPSA) is 108 Å². The van der Waals surface area contributed by atoms with Crippen molar-refractivity contribution in [1.29, 1.82) is 0 Å². The first-order valence-corrected chi connectivity index (χ1v) is 7.56. The standard InChI is InChI=1S/C16H21N3O4/c1-10(5-11(2)20)8-18-16(21)6-12-9-17-15-4-3-13(19(22)23)7-14(12)15/h3-4,7,9-11,17,20H,5-6,8H2,1-2H3,(H,18,21). The molecule has 2 atom stereocenters. The first-order chi connectivity index (χ1) is 10.9. The van der Waals surface area contributed by atoms with Gasteiger partial charge in [-0.05, 0) is 30.9 Å². The van der Waals surface area contributed by atoms with Crippen LogP contribution in [-0.2, 0) is 11.2 Å². The lowest BCUT2D eigenvalue weighted by Gasteiger charge is -2.14. The number of aromatic amines is 1. The highest BCUT2D eigenvalue weighted by molar-refractivity contribution is 5.90. The van der Waals surface area contributed by atoms with Gasteiger partial charge in [0.2, 0.25) is 5.91 Å². The van der Waals surface area contributed by atoms with Gasteiger partial charge in [0.1, 0.15) is 0 Å². The summed E-state index contributed by atoms with van der Waals surface area (Å²) in [5.74, 6) is 0.0397. The molecular formula is C16H21N3O4. The summed E-state index contributed by atoms with van der Waals surface area (Å²) in [5.41, 5.74) is 1.49. The van der Waals surface area contributed by atoms with Gasteiger partial charge in [-0.25, -0.2) is 0 Å². The number of hydrogen-bond acceptors (Lipinski definition) is 4. The number of aromatic nitrogens is 1. The second kappa shape index (κ2) is 7.23. The lowest BCUT2D eigenvalue weighted by atomic mass is 10.0. The molecule has 0 fully saturated rings. The number of aliphatic hydroxyl groups excluding tert-OH is 1. The van der Waals surface area contributed by atoms with E-state index < -0.39 is 11.0 Å². The first kappa shape index (κ1) is 17.0. The second-order valence-electron chi connectivity index (χ2n) is 5.97. The Balaban J connectivity index is 2.02. The zero-order valence-electron chi connectivity index (χ0n) is 13.2. The van der Waals surface area contributed by atoms with Crippen LogP contribution in [0.15, 0.2) is 24.4 Å². The number of nitrogens with one attached hydrogen (secondary N) is 2. The Morgan fingerprint density at radius 1 is 1.43 bits per heavy atom. The zero-order chi connectivity index (χ0) is 17.0. The van der Waals surface area contributed by atoms with Gasteiger partial charge >= 0.3 is 0 Å². The van der Waals surface area contributed by atoms with E-state index in [1.54, 1.807) is 19.2 Å². The molecule has 23 heavy (non-hydrogen) atoms. The molecule has 7 heteroatoms. The van der Waals surface area contributed by atoms with Crippen LogP contribution in [0.5, 0.6) is 0 Å². The Morgan fingerprint density at radius 3 is 2.83 bits per heavy atom. The number of nitro groups is 1. The lowest BCUT2D eigenvalue weighted by Crippen LogP contribution is -2.30. The Kier molecular flexibility index (Phi) is 5.33. The van der Waals surface area contributed by atoms with Gasteiger partial charge in [-0.1, -0.05) is 6.92 Å². The molecule has 1 heterocycles. The van der Waals surface area contributed by atoms with Crippen LogP contribution in [0.3, 0.4) is 0 Å². The molecule has 0 spiro atoms. The fourth-order valence-electron chi connectivity index (χ4n) is 2.62. The molecule has 0 bridgehead atoms. The van der Waals surface area contributed by atoms with Crippen molar-refractivity contribution in [2.45, 2.75) is 32.8 Å². The minimum Gasteiger partial charge on any atom is -0.393 e. The predicted octanol–water partition coefficient (Wildman–Crippen LogP) is 2.14. The molecular weight excluding hydrogens is 298 g/mol. The fraction of sp³-hybridized carbons (Fsp3) is 0.438. The quantitative estimate of drug-likeness (QED) is 0.536. The van der Waals surface area contributed by atoms with Crippen LogP contribution in [0.2, 0.25) is 0 Å².